The Morgan fingerprint density at radius 1 is 1.54 bits per heavy atom. The molecule has 0 aromatic carbocycles. The van der Waals surface area contributed by atoms with Gasteiger partial charge in [0.1, 0.15) is 0 Å². The number of rotatable bonds is 6. The number of likely N-dealkylation sites (N-methyl/N-ethyl adjacent to an activating group) is 1. The molecule has 1 aliphatic rings. The molecule has 3 nitrogen and oxygen atoms in total. The summed E-state index contributed by atoms with van der Waals surface area (Å²) in [5.74, 6) is 0. The zero-order chi connectivity index (χ0) is 9.68. The van der Waals surface area contributed by atoms with E-state index < -0.39 is 0 Å². The van der Waals surface area contributed by atoms with Gasteiger partial charge in [-0.2, -0.15) is 0 Å². The Hall–Kier alpha value is -0.120. The zero-order valence-electron chi connectivity index (χ0n) is 8.79. The minimum Gasteiger partial charge on any atom is -0.390 e. The predicted molar refractivity (Wildman–Crippen MR) is 54.8 cm³/mol. The topological polar surface area (TPSA) is 35.5 Å². The van der Waals surface area contributed by atoms with Gasteiger partial charge in [-0.25, -0.2) is 0 Å². The van der Waals surface area contributed by atoms with Crippen molar-refractivity contribution in [3.05, 3.63) is 0 Å². The number of aliphatic hydroxyl groups is 1. The van der Waals surface area contributed by atoms with Gasteiger partial charge in [0.2, 0.25) is 0 Å². The first-order chi connectivity index (χ1) is 6.26. The van der Waals surface area contributed by atoms with Crippen LogP contribution in [0.3, 0.4) is 0 Å². The van der Waals surface area contributed by atoms with Crippen LogP contribution in [-0.2, 0) is 0 Å². The van der Waals surface area contributed by atoms with Crippen molar-refractivity contribution in [1.29, 1.82) is 0 Å². The molecule has 1 heterocycles. The second-order valence-corrected chi connectivity index (χ2v) is 4.00. The van der Waals surface area contributed by atoms with Gasteiger partial charge < -0.3 is 10.4 Å². The van der Waals surface area contributed by atoms with E-state index in [9.17, 15) is 0 Å². The minimum absolute atomic E-state index is 0.0660. The highest BCUT2D eigenvalue weighted by molar-refractivity contribution is 4.82. The third kappa shape index (κ3) is 3.63. The summed E-state index contributed by atoms with van der Waals surface area (Å²) in [5, 5.41) is 12.4. The van der Waals surface area contributed by atoms with E-state index in [0.717, 1.165) is 19.6 Å². The Morgan fingerprint density at radius 2 is 2.23 bits per heavy atom. The van der Waals surface area contributed by atoms with Gasteiger partial charge in [-0.3, -0.25) is 4.90 Å². The van der Waals surface area contributed by atoms with Crippen molar-refractivity contribution in [3.8, 4) is 0 Å². The van der Waals surface area contributed by atoms with E-state index in [-0.39, 0.29) is 6.10 Å². The molecule has 0 amide bonds. The molecule has 13 heavy (non-hydrogen) atoms. The van der Waals surface area contributed by atoms with Gasteiger partial charge in [0, 0.05) is 25.7 Å². The lowest BCUT2D eigenvalue weighted by Gasteiger charge is -2.38. The number of hydrogen-bond acceptors (Lipinski definition) is 3. The minimum atomic E-state index is -0.0660. The Labute approximate surface area is 81.1 Å². The van der Waals surface area contributed by atoms with Crippen LogP contribution >= 0.6 is 0 Å². The first-order valence-corrected chi connectivity index (χ1v) is 5.34. The van der Waals surface area contributed by atoms with Crippen LogP contribution in [0.1, 0.15) is 26.2 Å². The molecule has 1 saturated heterocycles. The Morgan fingerprint density at radius 3 is 2.69 bits per heavy atom. The lowest BCUT2D eigenvalue weighted by Crippen LogP contribution is -2.54. The summed E-state index contributed by atoms with van der Waals surface area (Å²) in [7, 11) is 2.02. The maximum atomic E-state index is 9.12. The quantitative estimate of drug-likeness (QED) is 0.632. The fourth-order valence-corrected chi connectivity index (χ4v) is 1.78. The number of likely N-dealkylation sites (tertiary alicyclic amines) is 1. The summed E-state index contributed by atoms with van der Waals surface area (Å²) in [6, 6.07) is 0.604. The monoisotopic (exact) mass is 186 g/mol. The molecule has 3 heteroatoms. The predicted octanol–water partition coefficient (Wildman–Crippen LogP) is 0.441. The standard InChI is InChI=1S/C10H22N2O/c1-3-4-5-9(11-2)6-12-7-10(13)8-12/h9-11,13H,3-8H2,1-2H3. The lowest BCUT2D eigenvalue weighted by atomic mass is 10.1. The van der Waals surface area contributed by atoms with E-state index in [2.05, 4.69) is 17.1 Å². The molecule has 0 bridgehead atoms. The fourth-order valence-electron chi connectivity index (χ4n) is 1.78. The number of aliphatic hydroxyl groups excluding tert-OH is 1. The zero-order valence-corrected chi connectivity index (χ0v) is 8.79. The van der Waals surface area contributed by atoms with Crippen LogP contribution in [0.2, 0.25) is 0 Å². The summed E-state index contributed by atoms with van der Waals surface area (Å²) < 4.78 is 0. The lowest BCUT2D eigenvalue weighted by molar-refractivity contribution is -0.00302. The molecule has 1 aliphatic heterocycles. The smallest absolute Gasteiger partial charge is 0.0793 e. The van der Waals surface area contributed by atoms with Gasteiger partial charge in [-0.05, 0) is 13.5 Å². The molecular weight excluding hydrogens is 164 g/mol. The van der Waals surface area contributed by atoms with Crippen LogP contribution in [-0.4, -0.2) is 48.8 Å². The molecule has 2 N–H and O–H groups in total. The third-order valence-electron chi connectivity index (χ3n) is 2.73. The number of unbranched alkanes of at least 4 members (excludes halogenated alkanes) is 1. The number of hydrogen-bond donors (Lipinski definition) is 2. The third-order valence-corrected chi connectivity index (χ3v) is 2.73. The van der Waals surface area contributed by atoms with Gasteiger partial charge in [0.05, 0.1) is 6.10 Å². The van der Waals surface area contributed by atoms with E-state index >= 15 is 0 Å². The van der Waals surface area contributed by atoms with E-state index in [1.807, 2.05) is 7.05 Å². The largest absolute Gasteiger partial charge is 0.390 e. The van der Waals surface area contributed by atoms with E-state index in [0.29, 0.717) is 6.04 Å². The molecule has 0 spiro atoms. The molecule has 78 valence electrons. The average Bonchev–Trinajstić information content (AvgIpc) is 2.08. The van der Waals surface area contributed by atoms with Crippen LogP contribution in [0.5, 0.6) is 0 Å². The van der Waals surface area contributed by atoms with Gasteiger partial charge in [-0.1, -0.05) is 19.8 Å². The Balaban J connectivity index is 2.09. The molecule has 0 aromatic rings. The van der Waals surface area contributed by atoms with Crippen LogP contribution in [0, 0.1) is 0 Å². The maximum Gasteiger partial charge on any atom is 0.0793 e. The van der Waals surface area contributed by atoms with E-state index in [1.165, 1.54) is 19.3 Å². The second kappa shape index (κ2) is 5.58. The molecule has 0 radical (unpaired) electrons. The molecule has 1 rings (SSSR count). The van der Waals surface area contributed by atoms with Crippen molar-refractivity contribution in [2.75, 3.05) is 26.7 Å². The highest BCUT2D eigenvalue weighted by atomic mass is 16.3. The summed E-state index contributed by atoms with van der Waals surface area (Å²) >= 11 is 0. The first kappa shape index (κ1) is 11.0. The van der Waals surface area contributed by atoms with Crippen molar-refractivity contribution in [2.45, 2.75) is 38.3 Å². The van der Waals surface area contributed by atoms with Gasteiger partial charge in [-0.15, -0.1) is 0 Å². The summed E-state index contributed by atoms with van der Waals surface area (Å²) in [4.78, 5) is 2.31. The average molecular weight is 186 g/mol. The van der Waals surface area contributed by atoms with Crippen LogP contribution in [0.4, 0.5) is 0 Å². The van der Waals surface area contributed by atoms with Crippen molar-refractivity contribution >= 4 is 0 Å². The number of nitrogens with zero attached hydrogens (tertiary/aromatic N) is 1. The van der Waals surface area contributed by atoms with Crippen LogP contribution in [0.25, 0.3) is 0 Å². The molecule has 0 saturated carbocycles. The second-order valence-electron chi connectivity index (χ2n) is 4.00. The highest BCUT2D eigenvalue weighted by Crippen LogP contribution is 2.10. The van der Waals surface area contributed by atoms with E-state index in [4.69, 9.17) is 5.11 Å². The van der Waals surface area contributed by atoms with Crippen LogP contribution in [0.15, 0.2) is 0 Å². The molecule has 1 atom stereocenters. The van der Waals surface area contributed by atoms with Gasteiger partial charge in [0.25, 0.3) is 0 Å². The Kier molecular flexibility index (Phi) is 4.70. The van der Waals surface area contributed by atoms with Crippen molar-refractivity contribution in [1.82, 2.24) is 10.2 Å². The highest BCUT2D eigenvalue weighted by Gasteiger charge is 2.25. The fraction of sp³-hybridized carbons (Fsp3) is 1.00. The molecule has 1 fully saturated rings. The van der Waals surface area contributed by atoms with Crippen molar-refractivity contribution in [2.24, 2.45) is 0 Å². The van der Waals surface area contributed by atoms with Crippen molar-refractivity contribution in [3.63, 3.8) is 0 Å². The number of nitrogens with one attached hydrogen (secondary N) is 1. The SMILES string of the molecule is CCCCC(CN1CC(O)C1)NC. The van der Waals surface area contributed by atoms with Gasteiger partial charge >= 0.3 is 0 Å². The summed E-state index contributed by atoms with van der Waals surface area (Å²) in [6.07, 6.45) is 3.74. The van der Waals surface area contributed by atoms with Gasteiger partial charge in [0.15, 0.2) is 0 Å². The molecule has 0 aliphatic carbocycles. The molecular formula is C10H22N2O. The summed E-state index contributed by atoms with van der Waals surface area (Å²) in [5.41, 5.74) is 0. The maximum absolute atomic E-state index is 9.12. The van der Waals surface area contributed by atoms with Crippen LogP contribution < -0.4 is 5.32 Å². The van der Waals surface area contributed by atoms with E-state index in [1.54, 1.807) is 0 Å². The summed E-state index contributed by atoms with van der Waals surface area (Å²) in [6.45, 7) is 5.04. The first-order valence-electron chi connectivity index (χ1n) is 5.34. The normalized spacial score (nSPS) is 21.5. The molecule has 0 aromatic heterocycles. The van der Waals surface area contributed by atoms with Crippen molar-refractivity contribution < 1.29 is 5.11 Å². The number of β-amino-alcohol motifs (C(OH)–C–C–N with tert-alkyl or cyclic N) is 1. The Bertz CT molecular complexity index is 135. The molecule has 1 unspecified atom stereocenters.